The molecule has 0 radical (unpaired) electrons. The highest BCUT2D eigenvalue weighted by Gasteiger charge is 2.14. The molecule has 1 atom stereocenters. The van der Waals surface area contributed by atoms with Crippen molar-refractivity contribution >= 4 is 12.1 Å². The second-order valence-corrected chi connectivity index (χ2v) is 4.18. The highest BCUT2D eigenvalue weighted by Crippen LogP contribution is 2.17. The predicted molar refractivity (Wildman–Crippen MR) is 71.9 cm³/mol. The average Bonchev–Trinajstić information content (AvgIpc) is 2.87. The Kier molecular flexibility index (Phi) is 4.18. The minimum absolute atomic E-state index is 0.102. The summed E-state index contributed by atoms with van der Waals surface area (Å²) in [4.78, 5) is 11.7. The maximum Gasteiger partial charge on any atom is 0.271 e. The van der Waals surface area contributed by atoms with Crippen molar-refractivity contribution in [1.29, 1.82) is 0 Å². The largest absolute Gasteiger partial charge is 0.508 e. The van der Waals surface area contributed by atoms with Crippen LogP contribution < -0.4 is 5.43 Å². The number of nitrogens with zero attached hydrogens (tertiary/aromatic N) is 1. The molecule has 1 aliphatic heterocycles. The number of allylic oxidation sites excluding steroid dienone is 1. The van der Waals surface area contributed by atoms with E-state index in [1.165, 1.54) is 24.3 Å². The van der Waals surface area contributed by atoms with E-state index in [0.717, 1.165) is 18.6 Å². The van der Waals surface area contributed by atoms with Gasteiger partial charge in [-0.3, -0.25) is 4.79 Å². The zero-order chi connectivity index (χ0) is 13.7. The Morgan fingerprint density at radius 3 is 2.89 bits per heavy atom. The lowest BCUT2D eigenvalue weighted by molar-refractivity contribution is 0.0954. The van der Waals surface area contributed by atoms with E-state index in [9.17, 15) is 4.79 Å². The molecular formula is C14H16N2O3. The first-order valence-electron chi connectivity index (χ1n) is 6.17. The van der Waals surface area contributed by atoms with Crippen molar-refractivity contribution in [1.82, 2.24) is 5.43 Å². The van der Waals surface area contributed by atoms with Crippen molar-refractivity contribution in [3.05, 3.63) is 41.7 Å². The van der Waals surface area contributed by atoms with Crippen LogP contribution in [0.1, 0.15) is 30.1 Å². The number of nitrogens with one attached hydrogen (secondary N) is 1. The Hall–Kier alpha value is -2.30. The summed E-state index contributed by atoms with van der Waals surface area (Å²) in [5.74, 6) is 0.761. The summed E-state index contributed by atoms with van der Waals surface area (Å²) in [6, 6.07) is 5.97. The predicted octanol–water partition coefficient (Wildman–Crippen LogP) is 2.19. The van der Waals surface area contributed by atoms with Crippen LogP contribution in [0.3, 0.4) is 0 Å². The standard InChI is InChI=1S/C14H16N2O3/c1-2-12-7-8-13(19-12)9-15-16-14(18)10-3-5-11(17)6-4-10/h3-7,9,13,17H,2,8H2,1H3,(H,16,18)/b15-9+. The normalized spacial score (nSPS) is 18.2. The molecule has 1 amide bonds. The first-order chi connectivity index (χ1) is 9.19. The molecule has 5 nitrogen and oxygen atoms in total. The topological polar surface area (TPSA) is 70.9 Å². The smallest absolute Gasteiger partial charge is 0.271 e. The van der Waals surface area contributed by atoms with E-state index in [-0.39, 0.29) is 17.8 Å². The SMILES string of the molecule is CCC1=CCC(/C=N/NC(=O)c2ccc(O)cc2)O1. The first kappa shape index (κ1) is 13.1. The second-order valence-electron chi connectivity index (χ2n) is 4.18. The molecule has 0 bridgehead atoms. The molecule has 0 saturated heterocycles. The molecule has 100 valence electrons. The summed E-state index contributed by atoms with van der Waals surface area (Å²) in [7, 11) is 0. The number of aromatic hydroxyl groups is 1. The zero-order valence-electron chi connectivity index (χ0n) is 10.7. The van der Waals surface area contributed by atoms with Gasteiger partial charge in [-0.15, -0.1) is 0 Å². The third-order valence-corrected chi connectivity index (χ3v) is 2.77. The number of carbonyl (C=O) groups excluding carboxylic acids is 1. The molecule has 1 aromatic carbocycles. The van der Waals surface area contributed by atoms with Crippen molar-refractivity contribution in [2.75, 3.05) is 0 Å². The van der Waals surface area contributed by atoms with Crippen LogP contribution in [0.2, 0.25) is 0 Å². The number of benzene rings is 1. The van der Waals surface area contributed by atoms with Crippen LogP contribution in [-0.4, -0.2) is 23.3 Å². The molecule has 1 aromatic rings. The number of hydrogen-bond acceptors (Lipinski definition) is 4. The van der Waals surface area contributed by atoms with Gasteiger partial charge in [0.15, 0.2) is 0 Å². The lowest BCUT2D eigenvalue weighted by Crippen LogP contribution is -2.19. The minimum atomic E-state index is -0.321. The third-order valence-electron chi connectivity index (χ3n) is 2.77. The van der Waals surface area contributed by atoms with E-state index < -0.39 is 0 Å². The van der Waals surface area contributed by atoms with Gasteiger partial charge >= 0.3 is 0 Å². The van der Waals surface area contributed by atoms with Gasteiger partial charge in [0, 0.05) is 18.4 Å². The van der Waals surface area contributed by atoms with Gasteiger partial charge in [-0.25, -0.2) is 5.43 Å². The first-order valence-corrected chi connectivity index (χ1v) is 6.17. The highest BCUT2D eigenvalue weighted by molar-refractivity contribution is 5.94. The van der Waals surface area contributed by atoms with Crippen LogP contribution >= 0.6 is 0 Å². The second kappa shape index (κ2) is 6.04. The summed E-state index contributed by atoms with van der Waals surface area (Å²) in [5, 5.41) is 13.0. The lowest BCUT2D eigenvalue weighted by Gasteiger charge is -2.07. The fourth-order valence-electron chi connectivity index (χ4n) is 1.71. The summed E-state index contributed by atoms with van der Waals surface area (Å²) >= 11 is 0. The van der Waals surface area contributed by atoms with Gasteiger partial charge in [0.1, 0.15) is 11.9 Å². The molecule has 5 heteroatoms. The number of phenols is 1. The van der Waals surface area contributed by atoms with E-state index in [2.05, 4.69) is 10.5 Å². The number of ether oxygens (including phenoxy) is 1. The van der Waals surface area contributed by atoms with Crippen LogP contribution in [0.15, 0.2) is 41.2 Å². The van der Waals surface area contributed by atoms with E-state index in [0.29, 0.717) is 5.56 Å². The Morgan fingerprint density at radius 1 is 1.53 bits per heavy atom. The molecule has 19 heavy (non-hydrogen) atoms. The maximum absolute atomic E-state index is 11.7. The number of hydrazone groups is 1. The number of carbonyl (C=O) groups is 1. The zero-order valence-corrected chi connectivity index (χ0v) is 10.7. The van der Waals surface area contributed by atoms with Gasteiger partial charge in [-0.05, 0) is 30.3 Å². The number of amides is 1. The number of rotatable bonds is 4. The summed E-state index contributed by atoms with van der Waals surface area (Å²) in [6.07, 6.45) is 5.15. The van der Waals surface area contributed by atoms with Crippen molar-refractivity contribution < 1.29 is 14.6 Å². The molecule has 1 unspecified atom stereocenters. The van der Waals surface area contributed by atoms with E-state index in [1.807, 2.05) is 13.0 Å². The highest BCUT2D eigenvalue weighted by atomic mass is 16.5. The molecular weight excluding hydrogens is 244 g/mol. The van der Waals surface area contributed by atoms with Gasteiger partial charge in [0.05, 0.1) is 12.0 Å². The number of hydrogen-bond donors (Lipinski definition) is 2. The van der Waals surface area contributed by atoms with E-state index >= 15 is 0 Å². The van der Waals surface area contributed by atoms with Crippen LogP contribution in [0.4, 0.5) is 0 Å². The number of phenolic OH excluding ortho intramolecular Hbond substituents is 1. The Balaban J connectivity index is 1.82. The molecule has 1 heterocycles. The van der Waals surface area contributed by atoms with Crippen molar-refractivity contribution in [3.8, 4) is 5.75 Å². The fourth-order valence-corrected chi connectivity index (χ4v) is 1.71. The quantitative estimate of drug-likeness (QED) is 0.644. The lowest BCUT2D eigenvalue weighted by atomic mass is 10.2. The monoisotopic (exact) mass is 260 g/mol. The summed E-state index contributed by atoms with van der Waals surface area (Å²) in [5.41, 5.74) is 2.86. The maximum atomic E-state index is 11.7. The Labute approximate surface area is 111 Å². The van der Waals surface area contributed by atoms with Crippen molar-refractivity contribution in [3.63, 3.8) is 0 Å². The molecule has 0 aromatic heterocycles. The van der Waals surface area contributed by atoms with Gasteiger partial charge in [-0.2, -0.15) is 5.10 Å². The van der Waals surface area contributed by atoms with Crippen molar-refractivity contribution in [2.24, 2.45) is 5.10 Å². The molecule has 2 rings (SSSR count). The molecule has 2 N–H and O–H groups in total. The molecule has 0 fully saturated rings. The fraction of sp³-hybridized carbons (Fsp3) is 0.286. The minimum Gasteiger partial charge on any atom is -0.508 e. The van der Waals surface area contributed by atoms with E-state index in [4.69, 9.17) is 9.84 Å². The summed E-state index contributed by atoms with van der Waals surface area (Å²) in [6.45, 7) is 2.03. The van der Waals surface area contributed by atoms with Crippen LogP contribution in [-0.2, 0) is 4.74 Å². The van der Waals surface area contributed by atoms with Gasteiger partial charge in [0.2, 0.25) is 0 Å². The van der Waals surface area contributed by atoms with Crippen LogP contribution in [0.25, 0.3) is 0 Å². The van der Waals surface area contributed by atoms with Crippen LogP contribution in [0.5, 0.6) is 5.75 Å². The van der Waals surface area contributed by atoms with Gasteiger partial charge < -0.3 is 9.84 Å². The molecule has 0 saturated carbocycles. The van der Waals surface area contributed by atoms with Gasteiger partial charge in [-0.1, -0.05) is 6.92 Å². The molecule has 0 aliphatic carbocycles. The molecule has 0 spiro atoms. The van der Waals surface area contributed by atoms with Crippen molar-refractivity contribution in [2.45, 2.75) is 25.9 Å². The Bertz CT molecular complexity index is 506. The van der Waals surface area contributed by atoms with E-state index in [1.54, 1.807) is 6.21 Å². The third kappa shape index (κ3) is 3.58. The van der Waals surface area contributed by atoms with Gasteiger partial charge in [0.25, 0.3) is 5.91 Å². The molecule has 1 aliphatic rings. The van der Waals surface area contributed by atoms with Crippen LogP contribution in [0, 0.1) is 0 Å². The average molecular weight is 260 g/mol. The Morgan fingerprint density at radius 2 is 2.26 bits per heavy atom. The summed E-state index contributed by atoms with van der Waals surface area (Å²) < 4.78 is 5.54.